The van der Waals surface area contributed by atoms with E-state index in [2.05, 4.69) is 20.3 Å². The van der Waals surface area contributed by atoms with E-state index in [9.17, 15) is 27.6 Å². The van der Waals surface area contributed by atoms with Crippen LogP contribution in [0.1, 0.15) is 36.3 Å². The normalized spacial score (nSPS) is 12.0. The highest BCUT2D eigenvalue weighted by Gasteiger charge is 2.23. The van der Waals surface area contributed by atoms with Gasteiger partial charge in [-0.2, -0.15) is 15.2 Å². The van der Waals surface area contributed by atoms with Crippen molar-refractivity contribution in [3.05, 3.63) is 75.3 Å². The summed E-state index contributed by atoms with van der Waals surface area (Å²) in [7, 11) is 0. The van der Waals surface area contributed by atoms with Crippen LogP contribution in [-0.4, -0.2) is 19.5 Å². The summed E-state index contributed by atoms with van der Waals surface area (Å²) in [5.74, 6) is -2.57. The molecular formula is C22H16F4N8O. The Labute approximate surface area is 194 Å². The first kappa shape index (κ1) is 23.4. The molecule has 0 fully saturated rings. The molecule has 0 saturated carbocycles. The van der Waals surface area contributed by atoms with Gasteiger partial charge in [-0.1, -0.05) is 6.07 Å². The van der Waals surface area contributed by atoms with Gasteiger partial charge in [-0.3, -0.25) is 9.36 Å². The predicted octanol–water partition coefficient (Wildman–Crippen LogP) is 3.60. The average molecular weight is 484 g/mol. The van der Waals surface area contributed by atoms with E-state index in [-0.39, 0.29) is 40.2 Å². The quantitative estimate of drug-likeness (QED) is 0.364. The number of hydrogen-bond donors (Lipinski definition) is 3. The van der Waals surface area contributed by atoms with Gasteiger partial charge < -0.3 is 16.8 Å². The molecular weight excluding hydrogens is 468 g/mol. The van der Waals surface area contributed by atoms with Crippen LogP contribution in [0.3, 0.4) is 0 Å². The molecule has 0 bridgehead atoms. The van der Waals surface area contributed by atoms with Crippen molar-refractivity contribution >= 4 is 28.5 Å². The molecule has 4 aromatic rings. The zero-order chi connectivity index (χ0) is 25.4. The van der Waals surface area contributed by atoms with Gasteiger partial charge in [0.1, 0.15) is 40.3 Å². The summed E-state index contributed by atoms with van der Waals surface area (Å²) in [5.41, 5.74) is 9.24. The molecule has 0 aliphatic rings. The van der Waals surface area contributed by atoms with E-state index in [0.29, 0.717) is 6.07 Å². The molecule has 2 heterocycles. The Morgan fingerprint density at radius 3 is 2.54 bits per heavy atom. The minimum atomic E-state index is -3.03. The third-order valence-corrected chi connectivity index (χ3v) is 5.09. The van der Waals surface area contributed by atoms with Crippen LogP contribution in [0.5, 0.6) is 0 Å². The van der Waals surface area contributed by atoms with Crippen LogP contribution in [0.25, 0.3) is 16.6 Å². The smallest absolute Gasteiger partial charge is 0.269 e. The van der Waals surface area contributed by atoms with Crippen molar-refractivity contribution in [2.75, 3.05) is 16.8 Å². The lowest BCUT2D eigenvalue weighted by Crippen LogP contribution is -2.28. The molecule has 0 amide bonds. The predicted molar refractivity (Wildman–Crippen MR) is 120 cm³/mol. The van der Waals surface area contributed by atoms with Crippen molar-refractivity contribution in [3.63, 3.8) is 0 Å². The summed E-state index contributed by atoms with van der Waals surface area (Å²) in [6.45, 7) is 1.51. The molecule has 35 heavy (non-hydrogen) atoms. The molecule has 5 N–H and O–H groups in total. The standard InChI is InChI=1S/C22H16F4N8O/c1-9(30-19-13(8-27)18(28)32-22(29)33-19)20-31-15-4-2-3-14(24)16(15)21(35)34(20)12-6-10(17(25)26)5-11(23)7-12/h2-7,9,17H,1H3,(H5,28,29,30,32,33). The van der Waals surface area contributed by atoms with E-state index in [1.165, 1.54) is 19.1 Å². The molecule has 0 radical (unpaired) electrons. The molecule has 2 aromatic heterocycles. The Hall–Kier alpha value is -4.73. The topological polar surface area (TPSA) is 149 Å². The number of benzene rings is 2. The van der Waals surface area contributed by atoms with Gasteiger partial charge in [0.05, 0.1) is 17.2 Å². The molecule has 178 valence electrons. The van der Waals surface area contributed by atoms with Crippen LogP contribution in [0.4, 0.5) is 35.1 Å². The minimum Gasteiger partial charge on any atom is -0.382 e. The van der Waals surface area contributed by atoms with Gasteiger partial charge in [-0.05, 0) is 37.3 Å². The first-order chi connectivity index (χ1) is 16.6. The molecule has 4 rings (SSSR count). The van der Waals surface area contributed by atoms with E-state index in [4.69, 9.17) is 11.5 Å². The van der Waals surface area contributed by atoms with Gasteiger partial charge >= 0.3 is 0 Å². The van der Waals surface area contributed by atoms with Crippen molar-refractivity contribution in [2.45, 2.75) is 19.4 Å². The lowest BCUT2D eigenvalue weighted by molar-refractivity contribution is 0.151. The summed E-state index contributed by atoms with van der Waals surface area (Å²) in [5, 5.41) is 11.8. The van der Waals surface area contributed by atoms with Crippen LogP contribution in [0.2, 0.25) is 0 Å². The lowest BCUT2D eigenvalue weighted by atomic mass is 10.1. The molecule has 1 atom stereocenters. The Kier molecular flexibility index (Phi) is 5.96. The Morgan fingerprint density at radius 1 is 1.11 bits per heavy atom. The zero-order valence-electron chi connectivity index (χ0n) is 17.9. The number of nitrogens with one attached hydrogen (secondary N) is 1. The van der Waals surface area contributed by atoms with Gasteiger partial charge in [0.2, 0.25) is 5.95 Å². The molecule has 0 aliphatic carbocycles. The Balaban J connectivity index is 1.99. The van der Waals surface area contributed by atoms with E-state index >= 15 is 0 Å². The highest BCUT2D eigenvalue weighted by Crippen LogP contribution is 2.28. The summed E-state index contributed by atoms with van der Waals surface area (Å²) in [6, 6.07) is 7.01. The molecule has 0 spiro atoms. The van der Waals surface area contributed by atoms with Crippen LogP contribution >= 0.6 is 0 Å². The molecule has 9 nitrogen and oxygen atoms in total. The van der Waals surface area contributed by atoms with Crippen LogP contribution in [0.15, 0.2) is 41.2 Å². The fraction of sp³-hybridized carbons (Fsp3) is 0.136. The van der Waals surface area contributed by atoms with Crippen LogP contribution < -0.4 is 22.3 Å². The molecule has 1 unspecified atom stereocenters. The number of aromatic nitrogens is 4. The second-order valence-electron chi connectivity index (χ2n) is 7.46. The number of hydrogen-bond acceptors (Lipinski definition) is 8. The fourth-order valence-electron chi connectivity index (χ4n) is 3.58. The third-order valence-electron chi connectivity index (χ3n) is 5.09. The first-order valence-corrected chi connectivity index (χ1v) is 10.0. The monoisotopic (exact) mass is 484 g/mol. The summed E-state index contributed by atoms with van der Waals surface area (Å²) < 4.78 is 56.3. The maximum absolute atomic E-state index is 14.6. The summed E-state index contributed by atoms with van der Waals surface area (Å²) >= 11 is 0. The zero-order valence-corrected chi connectivity index (χ0v) is 17.9. The van der Waals surface area contributed by atoms with Crippen molar-refractivity contribution in [3.8, 4) is 11.8 Å². The number of nitrogens with two attached hydrogens (primary N) is 2. The summed E-state index contributed by atoms with van der Waals surface area (Å²) in [6.07, 6.45) is -3.03. The van der Waals surface area contributed by atoms with E-state index < -0.39 is 40.6 Å². The highest BCUT2D eigenvalue weighted by molar-refractivity contribution is 5.79. The minimum absolute atomic E-state index is 0.0254. The number of nitrogens with zero attached hydrogens (tertiary/aromatic N) is 5. The number of rotatable bonds is 5. The van der Waals surface area contributed by atoms with Crippen LogP contribution in [0, 0.1) is 23.0 Å². The highest BCUT2D eigenvalue weighted by atomic mass is 19.3. The second kappa shape index (κ2) is 8.90. The van der Waals surface area contributed by atoms with Gasteiger partial charge in [-0.15, -0.1) is 0 Å². The molecule has 0 aliphatic heterocycles. The van der Waals surface area contributed by atoms with Gasteiger partial charge in [0.15, 0.2) is 5.82 Å². The van der Waals surface area contributed by atoms with Gasteiger partial charge in [-0.25, -0.2) is 22.5 Å². The molecule has 13 heteroatoms. The Bertz CT molecular complexity index is 1560. The second-order valence-corrected chi connectivity index (χ2v) is 7.46. The first-order valence-electron chi connectivity index (χ1n) is 10.0. The van der Waals surface area contributed by atoms with Gasteiger partial charge in [0.25, 0.3) is 12.0 Å². The van der Waals surface area contributed by atoms with Crippen molar-refractivity contribution < 1.29 is 17.6 Å². The molecule has 0 saturated heterocycles. The van der Waals surface area contributed by atoms with Crippen molar-refractivity contribution in [1.29, 1.82) is 5.26 Å². The number of fused-ring (bicyclic) bond motifs is 1. The fourth-order valence-corrected chi connectivity index (χ4v) is 3.58. The third kappa shape index (κ3) is 4.29. The molecule has 2 aromatic carbocycles. The Morgan fingerprint density at radius 2 is 1.86 bits per heavy atom. The van der Waals surface area contributed by atoms with Crippen LogP contribution in [-0.2, 0) is 0 Å². The number of nitrogen functional groups attached to an aromatic ring is 2. The maximum Gasteiger partial charge on any atom is 0.269 e. The van der Waals surface area contributed by atoms with Gasteiger partial charge in [0, 0.05) is 5.56 Å². The van der Waals surface area contributed by atoms with E-state index in [1.54, 1.807) is 0 Å². The van der Waals surface area contributed by atoms with E-state index in [0.717, 1.165) is 22.8 Å². The summed E-state index contributed by atoms with van der Waals surface area (Å²) in [4.78, 5) is 25.4. The maximum atomic E-state index is 14.6. The largest absolute Gasteiger partial charge is 0.382 e. The number of alkyl halides is 2. The SMILES string of the molecule is CC(Nc1nc(N)nc(N)c1C#N)c1nc2cccc(F)c2c(=O)n1-c1cc(F)cc(C(F)F)c1. The average Bonchev–Trinajstić information content (AvgIpc) is 2.78. The number of anilines is 3. The van der Waals surface area contributed by atoms with Crippen molar-refractivity contribution in [1.82, 2.24) is 19.5 Å². The lowest BCUT2D eigenvalue weighted by Gasteiger charge is -2.21. The number of halogens is 4. The number of nitriles is 1. The van der Waals surface area contributed by atoms with Crippen molar-refractivity contribution in [2.24, 2.45) is 0 Å². The van der Waals surface area contributed by atoms with E-state index in [1.807, 2.05) is 6.07 Å².